The number of amides is 1. The fraction of sp³-hybridized carbons (Fsp3) is 0.517. The van der Waals surface area contributed by atoms with Crippen LogP contribution in [0.1, 0.15) is 51.2 Å². The number of anilines is 1. The maximum atomic E-state index is 13.1. The number of hydrogen-bond acceptors (Lipinski definition) is 8. The number of hydrogen-bond donors (Lipinski definition) is 1. The summed E-state index contributed by atoms with van der Waals surface area (Å²) in [5.41, 5.74) is -0.129. The quantitative estimate of drug-likeness (QED) is 0.136. The van der Waals surface area contributed by atoms with Gasteiger partial charge in [-0.3, -0.25) is 9.36 Å². The van der Waals surface area contributed by atoms with Crippen molar-refractivity contribution < 1.29 is 23.3 Å². The molecule has 1 aromatic heterocycles. The molecule has 5 atom stereocenters. The lowest BCUT2D eigenvalue weighted by atomic mass is 10.0. The molecule has 222 valence electrons. The van der Waals surface area contributed by atoms with Crippen molar-refractivity contribution in [2.24, 2.45) is 5.92 Å². The third kappa shape index (κ3) is 8.76. The molecule has 41 heavy (non-hydrogen) atoms. The minimum absolute atomic E-state index is 0.138. The van der Waals surface area contributed by atoms with E-state index in [1.54, 1.807) is 42.6 Å². The SMILES string of the molecule is [C-]#[N+]CCOP(OC[C@H]1O[C@@H](n2ccc(NC(=O)c3ccccc3)nc2=O)[C@H](OCC=C)[C@@H]1C)N(C(C)C)C(C)C. The molecular weight excluding hydrogens is 545 g/mol. The summed E-state index contributed by atoms with van der Waals surface area (Å²) in [5, 5.41) is 2.66. The fourth-order valence-electron chi connectivity index (χ4n) is 4.58. The van der Waals surface area contributed by atoms with Crippen LogP contribution in [-0.4, -0.2) is 70.8 Å². The molecule has 1 aliphatic rings. The molecule has 0 aliphatic carbocycles. The van der Waals surface area contributed by atoms with Crippen molar-refractivity contribution in [2.45, 2.75) is 65.1 Å². The van der Waals surface area contributed by atoms with Gasteiger partial charge in [0, 0.05) is 29.8 Å². The van der Waals surface area contributed by atoms with Crippen molar-refractivity contribution >= 4 is 20.3 Å². The first-order valence-corrected chi connectivity index (χ1v) is 14.8. The van der Waals surface area contributed by atoms with Crippen LogP contribution in [-0.2, 0) is 18.5 Å². The molecule has 1 unspecified atom stereocenters. The lowest BCUT2D eigenvalue weighted by Gasteiger charge is -2.36. The number of ether oxygens (including phenoxy) is 2. The Hall–Kier alpha value is -2.97. The van der Waals surface area contributed by atoms with Gasteiger partial charge in [0.2, 0.25) is 6.54 Å². The van der Waals surface area contributed by atoms with E-state index in [-0.39, 0.29) is 56.1 Å². The highest BCUT2D eigenvalue weighted by Crippen LogP contribution is 2.47. The summed E-state index contributed by atoms with van der Waals surface area (Å²) in [7, 11) is -1.45. The van der Waals surface area contributed by atoms with Crippen LogP contribution in [0.2, 0.25) is 0 Å². The van der Waals surface area contributed by atoms with E-state index < -0.39 is 32.7 Å². The second-order valence-corrected chi connectivity index (χ2v) is 11.6. The maximum absolute atomic E-state index is 13.1. The highest BCUT2D eigenvalue weighted by Gasteiger charge is 2.45. The minimum atomic E-state index is -1.45. The first-order valence-electron chi connectivity index (χ1n) is 13.7. The zero-order valence-electron chi connectivity index (χ0n) is 24.3. The fourth-order valence-corrected chi connectivity index (χ4v) is 6.19. The molecule has 0 saturated carbocycles. The van der Waals surface area contributed by atoms with E-state index in [1.165, 1.54) is 4.57 Å². The third-order valence-corrected chi connectivity index (χ3v) is 8.56. The molecule has 1 fully saturated rings. The van der Waals surface area contributed by atoms with Crippen LogP contribution in [0, 0.1) is 12.5 Å². The second kappa shape index (κ2) is 15.9. The Morgan fingerprint density at radius 2 is 1.95 bits per heavy atom. The summed E-state index contributed by atoms with van der Waals surface area (Å²) < 4.78 is 28.3. The molecule has 0 bridgehead atoms. The molecule has 1 aliphatic heterocycles. The summed E-state index contributed by atoms with van der Waals surface area (Å²) in [6, 6.07) is 10.6. The number of carbonyl (C=O) groups excluding carboxylic acids is 1. The molecule has 1 saturated heterocycles. The van der Waals surface area contributed by atoms with E-state index in [2.05, 4.69) is 54.1 Å². The standard InChI is InChI=1S/C29H40N5O6P/c1-8-17-37-26-22(6)24(19-39-41(38-18-15-30-7)34(20(2)3)21(4)5)40-28(26)33-16-14-25(32-29(33)36)31-27(35)23-12-10-9-11-13-23/h8-14,16,20-22,24,26,28H,1,15,17-19H2,2-6H3,(H,31,32,35,36)/t22-,24-,26-,28-,41?/m1/s1. The van der Waals surface area contributed by atoms with Gasteiger partial charge in [0.05, 0.1) is 19.3 Å². The van der Waals surface area contributed by atoms with E-state index >= 15 is 0 Å². The number of carbonyl (C=O) groups is 1. The molecule has 1 aromatic carbocycles. The summed E-state index contributed by atoms with van der Waals surface area (Å²) >= 11 is 0. The molecular formula is C29H40N5O6P. The molecule has 3 rings (SSSR count). The first kappa shape index (κ1) is 32.5. The number of benzene rings is 1. The summed E-state index contributed by atoms with van der Waals surface area (Å²) in [5.74, 6) is -0.368. The largest absolute Gasteiger partial charge is 0.369 e. The number of aromatic nitrogens is 2. The first-order chi connectivity index (χ1) is 19.7. The molecule has 0 radical (unpaired) electrons. The Balaban J connectivity index is 1.77. The van der Waals surface area contributed by atoms with Crippen LogP contribution < -0.4 is 11.0 Å². The lowest BCUT2D eigenvalue weighted by molar-refractivity contribution is -0.0670. The van der Waals surface area contributed by atoms with Gasteiger partial charge in [-0.15, -0.1) is 6.58 Å². The molecule has 12 heteroatoms. The molecule has 2 heterocycles. The highest BCUT2D eigenvalue weighted by atomic mass is 31.2. The molecule has 0 spiro atoms. The van der Waals surface area contributed by atoms with E-state index in [9.17, 15) is 9.59 Å². The number of nitrogens with zero attached hydrogens (tertiary/aromatic N) is 4. The molecule has 1 N–H and O–H groups in total. The van der Waals surface area contributed by atoms with Gasteiger partial charge in [-0.2, -0.15) is 4.98 Å². The van der Waals surface area contributed by atoms with Gasteiger partial charge < -0.3 is 28.7 Å². The number of rotatable bonds is 15. The Morgan fingerprint density at radius 1 is 1.24 bits per heavy atom. The molecule has 2 aromatic rings. The van der Waals surface area contributed by atoms with Crippen molar-refractivity contribution in [1.29, 1.82) is 0 Å². The van der Waals surface area contributed by atoms with Crippen LogP contribution in [0.15, 0.2) is 60.0 Å². The highest BCUT2D eigenvalue weighted by molar-refractivity contribution is 7.44. The van der Waals surface area contributed by atoms with E-state index in [0.717, 1.165) is 0 Å². The van der Waals surface area contributed by atoms with Gasteiger partial charge in [-0.1, -0.05) is 31.2 Å². The van der Waals surface area contributed by atoms with Crippen LogP contribution >= 0.6 is 8.53 Å². The van der Waals surface area contributed by atoms with E-state index in [4.69, 9.17) is 25.1 Å². The van der Waals surface area contributed by atoms with Gasteiger partial charge in [-0.25, -0.2) is 16.0 Å². The topological polar surface area (TPSA) is 109 Å². The van der Waals surface area contributed by atoms with Crippen LogP contribution in [0.5, 0.6) is 0 Å². The Kier molecular flexibility index (Phi) is 12.6. The van der Waals surface area contributed by atoms with Crippen molar-refractivity contribution in [2.75, 3.05) is 31.7 Å². The van der Waals surface area contributed by atoms with Crippen molar-refractivity contribution in [3.63, 3.8) is 0 Å². The molecule has 1 amide bonds. The van der Waals surface area contributed by atoms with Crippen LogP contribution in [0.25, 0.3) is 4.85 Å². The predicted molar refractivity (Wildman–Crippen MR) is 158 cm³/mol. The summed E-state index contributed by atoms with van der Waals surface area (Å²) in [4.78, 5) is 33.1. The smallest absolute Gasteiger partial charge is 0.351 e. The minimum Gasteiger partial charge on any atom is -0.369 e. The van der Waals surface area contributed by atoms with Gasteiger partial charge in [-0.05, 0) is 45.9 Å². The van der Waals surface area contributed by atoms with Gasteiger partial charge in [0.15, 0.2) is 6.23 Å². The third-order valence-electron chi connectivity index (χ3n) is 6.49. The summed E-state index contributed by atoms with van der Waals surface area (Å²) in [6.45, 7) is 22.1. The monoisotopic (exact) mass is 585 g/mol. The Labute approximate surface area is 243 Å². The van der Waals surface area contributed by atoms with Gasteiger partial charge >= 0.3 is 5.69 Å². The maximum Gasteiger partial charge on any atom is 0.351 e. The van der Waals surface area contributed by atoms with Crippen molar-refractivity contribution in [3.8, 4) is 0 Å². The van der Waals surface area contributed by atoms with Crippen LogP contribution in [0.3, 0.4) is 0 Å². The van der Waals surface area contributed by atoms with Gasteiger partial charge in [0.25, 0.3) is 14.4 Å². The predicted octanol–water partition coefficient (Wildman–Crippen LogP) is 4.90. The zero-order valence-corrected chi connectivity index (χ0v) is 25.2. The average molecular weight is 586 g/mol. The summed E-state index contributed by atoms with van der Waals surface area (Å²) in [6.07, 6.45) is 1.53. The Morgan fingerprint density at radius 3 is 2.56 bits per heavy atom. The normalized spacial score (nSPS) is 21.2. The van der Waals surface area contributed by atoms with E-state index in [1.807, 2.05) is 13.0 Å². The average Bonchev–Trinajstić information content (AvgIpc) is 3.25. The number of nitrogens with one attached hydrogen (secondary N) is 1. The van der Waals surface area contributed by atoms with Crippen LogP contribution in [0.4, 0.5) is 5.82 Å². The van der Waals surface area contributed by atoms with Crippen molar-refractivity contribution in [3.05, 3.63) is 82.7 Å². The van der Waals surface area contributed by atoms with Crippen molar-refractivity contribution in [1.82, 2.24) is 14.2 Å². The second-order valence-electron chi connectivity index (χ2n) is 10.1. The Bertz CT molecular complexity index is 1230. The zero-order chi connectivity index (χ0) is 29.9. The molecule has 11 nitrogen and oxygen atoms in total. The lowest BCUT2D eigenvalue weighted by Crippen LogP contribution is -2.35. The van der Waals surface area contributed by atoms with E-state index in [0.29, 0.717) is 5.56 Å². The van der Waals surface area contributed by atoms with Gasteiger partial charge in [0.1, 0.15) is 18.5 Å².